The molecule has 0 saturated carbocycles. The number of ether oxygens (including phenoxy) is 1. The van der Waals surface area contributed by atoms with Crippen LogP contribution in [0.15, 0.2) is 16.6 Å². The molecular weight excluding hydrogens is 278 g/mol. The van der Waals surface area contributed by atoms with Crippen molar-refractivity contribution in [3.05, 3.63) is 27.7 Å². The zero-order valence-corrected chi connectivity index (χ0v) is 12.9. The van der Waals surface area contributed by atoms with Crippen LogP contribution in [-0.2, 0) is 4.74 Å². The van der Waals surface area contributed by atoms with Crippen molar-refractivity contribution in [2.45, 2.75) is 33.7 Å². The summed E-state index contributed by atoms with van der Waals surface area (Å²) in [5.41, 5.74) is 3.75. The molecule has 0 aliphatic rings. The lowest BCUT2D eigenvalue weighted by Gasteiger charge is -2.25. The quantitative estimate of drug-likeness (QED) is 0.882. The van der Waals surface area contributed by atoms with Gasteiger partial charge in [-0.15, -0.1) is 0 Å². The minimum Gasteiger partial charge on any atom is -0.383 e. The number of nitrogens with one attached hydrogen (secondary N) is 1. The van der Waals surface area contributed by atoms with Crippen LogP contribution in [-0.4, -0.2) is 19.8 Å². The van der Waals surface area contributed by atoms with Crippen molar-refractivity contribution in [2.24, 2.45) is 5.92 Å². The SMILES string of the molecule is COCC(Nc1c(C)cc(Br)cc1C)C(C)C. The molecule has 0 aliphatic heterocycles. The van der Waals surface area contributed by atoms with E-state index in [2.05, 4.69) is 61.1 Å². The van der Waals surface area contributed by atoms with E-state index in [0.29, 0.717) is 12.0 Å². The first-order valence-corrected chi connectivity index (χ1v) is 6.77. The van der Waals surface area contributed by atoms with Crippen LogP contribution >= 0.6 is 15.9 Å². The Bertz CT molecular complexity index is 353. The second-order valence-corrected chi connectivity index (χ2v) is 5.78. The molecule has 1 atom stereocenters. The van der Waals surface area contributed by atoms with Crippen LogP contribution in [0, 0.1) is 19.8 Å². The Kier molecular flexibility index (Phi) is 5.47. The number of aryl methyl sites for hydroxylation is 2. The highest BCUT2D eigenvalue weighted by Crippen LogP contribution is 2.26. The zero-order valence-electron chi connectivity index (χ0n) is 11.3. The molecule has 0 bridgehead atoms. The highest BCUT2D eigenvalue weighted by molar-refractivity contribution is 9.10. The number of anilines is 1. The summed E-state index contributed by atoms with van der Waals surface area (Å²) in [7, 11) is 1.75. The Morgan fingerprint density at radius 3 is 2.18 bits per heavy atom. The molecule has 1 unspecified atom stereocenters. The molecule has 0 fully saturated rings. The molecule has 0 aromatic heterocycles. The van der Waals surface area contributed by atoms with Gasteiger partial charge < -0.3 is 10.1 Å². The van der Waals surface area contributed by atoms with Gasteiger partial charge in [-0.25, -0.2) is 0 Å². The van der Waals surface area contributed by atoms with Crippen LogP contribution in [0.25, 0.3) is 0 Å². The molecule has 1 N–H and O–H groups in total. The highest BCUT2D eigenvalue weighted by atomic mass is 79.9. The minimum atomic E-state index is 0.346. The number of halogens is 1. The maximum atomic E-state index is 5.27. The molecular formula is C14H22BrNO. The smallest absolute Gasteiger partial charge is 0.0666 e. The summed E-state index contributed by atoms with van der Waals surface area (Å²) in [5.74, 6) is 0.539. The molecule has 1 aromatic rings. The summed E-state index contributed by atoms with van der Waals surface area (Å²) in [6, 6.07) is 4.62. The monoisotopic (exact) mass is 299 g/mol. The molecule has 96 valence electrons. The van der Waals surface area contributed by atoms with Crippen molar-refractivity contribution in [1.82, 2.24) is 0 Å². The molecule has 0 heterocycles. The third-order valence-corrected chi connectivity index (χ3v) is 3.44. The fraction of sp³-hybridized carbons (Fsp3) is 0.571. The van der Waals surface area contributed by atoms with E-state index in [-0.39, 0.29) is 0 Å². The van der Waals surface area contributed by atoms with Gasteiger partial charge >= 0.3 is 0 Å². The van der Waals surface area contributed by atoms with Gasteiger partial charge in [0, 0.05) is 17.3 Å². The topological polar surface area (TPSA) is 21.3 Å². The van der Waals surface area contributed by atoms with Gasteiger partial charge in [-0.2, -0.15) is 0 Å². The van der Waals surface area contributed by atoms with Gasteiger partial charge in [-0.1, -0.05) is 29.8 Å². The fourth-order valence-corrected chi connectivity index (χ4v) is 2.59. The second kappa shape index (κ2) is 6.41. The van der Waals surface area contributed by atoms with Crippen molar-refractivity contribution < 1.29 is 4.74 Å². The third kappa shape index (κ3) is 4.00. The van der Waals surface area contributed by atoms with E-state index in [1.54, 1.807) is 7.11 Å². The van der Waals surface area contributed by atoms with Gasteiger partial charge in [-0.3, -0.25) is 0 Å². The number of methoxy groups -OCH3 is 1. The molecule has 0 radical (unpaired) electrons. The van der Waals surface area contributed by atoms with Crippen molar-refractivity contribution in [3.8, 4) is 0 Å². The van der Waals surface area contributed by atoms with E-state index in [1.165, 1.54) is 16.8 Å². The maximum Gasteiger partial charge on any atom is 0.0666 e. The molecule has 0 spiro atoms. The lowest BCUT2D eigenvalue weighted by Crippen LogP contribution is -2.31. The van der Waals surface area contributed by atoms with Gasteiger partial charge in [-0.05, 0) is 43.0 Å². The summed E-state index contributed by atoms with van der Waals surface area (Å²) >= 11 is 3.52. The first-order chi connectivity index (χ1) is 7.95. The predicted molar refractivity (Wildman–Crippen MR) is 77.7 cm³/mol. The lowest BCUT2D eigenvalue weighted by molar-refractivity contribution is 0.171. The van der Waals surface area contributed by atoms with Gasteiger partial charge in [0.15, 0.2) is 0 Å². The van der Waals surface area contributed by atoms with Crippen molar-refractivity contribution in [3.63, 3.8) is 0 Å². The van der Waals surface area contributed by atoms with Gasteiger partial charge in [0.05, 0.1) is 12.6 Å². The molecule has 0 aliphatic carbocycles. The fourth-order valence-electron chi connectivity index (χ4n) is 1.90. The van der Waals surface area contributed by atoms with Gasteiger partial charge in [0.2, 0.25) is 0 Å². The standard InChI is InChI=1S/C14H22BrNO/c1-9(2)13(8-17-5)16-14-10(3)6-12(15)7-11(14)4/h6-7,9,13,16H,8H2,1-5H3. The zero-order chi connectivity index (χ0) is 13.0. The molecule has 2 nitrogen and oxygen atoms in total. The van der Waals surface area contributed by atoms with E-state index in [9.17, 15) is 0 Å². The van der Waals surface area contributed by atoms with Crippen molar-refractivity contribution in [2.75, 3.05) is 19.0 Å². The average Bonchev–Trinajstić information content (AvgIpc) is 2.21. The Morgan fingerprint density at radius 2 is 1.76 bits per heavy atom. The first-order valence-electron chi connectivity index (χ1n) is 5.98. The summed E-state index contributed by atoms with van der Waals surface area (Å²) in [5, 5.41) is 3.60. The third-order valence-electron chi connectivity index (χ3n) is 2.98. The number of benzene rings is 1. The highest BCUT2D eigenvalue weighted by Gasteiger charge is 2.15. The van der Waals surface area contributed by atoms with Crippen LogP contribution in [0.5, 0.6) is 0 Å². The Morgan fingerprint density at radius 1 is 1.24 bits per heavy atom. The van der Waals surface area contributed by atoms with Crippen LogP contribution < -0.4 is 5.32 Å². The van der Waals surface area contributed by atoms with Gasteiger partial charge in [0.25, 0.3) is 0 Å². The second-order valence-electron chi connectivity index (χ2n) is 4.86. The predicted octanol–water partition coefficient (Wildman–Crippen LogP) is 4.15. The summed E-state index contributed by atoms with van der Waals surface area (Å²) in [4.78, 5) is 0. The van der Waals surface area contributed by atoms with E-state index in [1.807, 2.05) is 0 Å². The Balaban J connectivity index is 2.93. The van der Waals surface area contributed by atoms with E-state index in [4.69, 9.17) is 4.74 Å². The molecule has 0 amide bonds. The Hall–Kier alpha value is -0.540. The summed E-state index contributed by atoms with van der Waals surface area (Å²) in [6.07, 6.45) is 0. The molecule has 3 heteroatoms. The maximum absolute atomic E-state index is 5.27. The number of hydrogen-bond donors (Lipinski definition) is 1. The molecule has 0 saturated heterocycles. The molecule has 1 aromatic carbocycles. The summed E-state index contributed by atoms with van der Waals surface area (Å²) < 4.78 is 6.40. The minimum absolute atomic E-state index is 0.346. The van der Waals surface area contributed by atoms with Crippen molar-refractivity contribution in [1.29, 1.82) is 0 Å². The number of rotatable bonds is 5. The number of hydrogen-bond acceptors (Lipinski definition) is 2. The normalized spacial score (nSPS) is 12.9. The van der Waals surface area contributed by atoms with Crippen LogP contribution in [0.2, 0.25) is 0 Å². The average molecular weight is 300 g/mol. The van der Waals surface area contributed by atoms with Crippen LogP contribution in [0.4, 0.5) is 5.69 Å². The van der Waals surface area contributed by atoms with E-state index < -0.39 is 0 Å². The Labute approximate surface area is 113 Å². The van der Waals surface area contributed by atoms with E-state index >= 15 is 0 Å². The van der Waals surface area contributed by atoms with Gasteiger partial charge in [0.1, 0.15) is 0 Å². The van der Waals surface area contributed by atoms with Crippen LogP contribution in [0.3, 0.4) is 0 Å². The summed E-state index contributed by atoms with van der Waals surface area (Å²) in [6.45, 7) is 9.40. The van der Waals surface area contributed by atoms with E-state index in [0.717, 1.165) is 11.1 Å². The largest absolute Gasteiger partial charge is 0.383 e. The van der Waals surface area contributed by atoms with Crippen LogP contribution in [0.1, 0.15) is 25.0 Å². The lowest BCUT2D eigenvalue weighted by atomic mass is 10.0. The first kappa shape index (κ1) is 14.5. The molecule has 17 heavy (non-hydrogen) atoms. The molecule has 1 rings (SSSR count). The van der Waals surface area contributed by atoms with Crippen molar-refractivity contribution >= 4 is 21.6 Å².